The van der Waals surface area contributed by atoms with E-state index in [1.54, 1.807) is 23.8 Å². The van der Waals surface area contributed by atoms with Crippen LogP contribution in [0.25, 0.3) is 11.3 Å². The van der Waals surface area contributed by atoms with E-state index in [2.05, 4.69) is 20.6 Å². The van der Waals surface area contributed by atoms with Crippen molar-refractivity contribution in [2.24, 2.45) is 0 Å². The first kappa shape index (κ1) is 26.5. The number of hydrogen-bond donors (Lipinski definition) is 2. The summed E-state index contributed by atoms with van der Waals surface area (Å²) in [6.07, 6.45) is 3.23. The fourth-order valence-corrected chi connectivity index (χ4v) is 7.22. The molecule has 6 rings (SSSR count). The standard InChI is InChI=1S/C28H25N5O4S3/c34-24(30-20-10-11-20)19-8-6-18(7-9-19)21-14-39-27(31-21)32-25(35)22-15-38-26(23-12-29-16-40-23)33(22)28(36)37-13-17-4-2-1-3-5-17/h1-9,12,14,16,20,22,26H,10-11,13,15H2,(H,30,34)(H,31,32,35)/t22-,26?/m0/s1. The van der Waals surface area contributed by atoms with Crippen molar-refractivity contribution in [1.82, 2.24) is 20.2 Å². The highest BCUT2D eigenvalue weighted by atomic mass is 32.2. The summed E-state index contributed by atoms with van der Waals surface area (Å²) in [5.74, 6) is 0.0136. The van der Waals surface area contributed by atoms with Gasteiger partial charge in [-0.2, -0.15) is 0 Å². The third kappa shape index (κ3) is 6.03. The van der Waals surface area contributed by atoms with Gasteiger partial charge in [-0.05, 0) is 30.5 Å². The fourth-order valence-electron chi connectivity index (χ4n) is 4.23. The molecule has 2 N–H and O–H groups in total. The quantitative estimate of drug-likeness (QED) is 0.276. The van der Waals surface area contributed by atoms with Crippen molar-refractivity contribution in [1.29, 1.82) is 0 Å². The average Bonchev–Trinajstić information content (AvgIpc) is 3.36. The zero-order valence-electron chi connectivity index (χ0n) is 21.2. The summed E-state index contributed by atoms with van der Waals surface area (Å²) in [7, 11) is 0. The lowest BCUT2D eigenvalue weighted by Gasteiger charge is -2.27. The van der Waals surface area contributed by atoms with Crippen LogP contribution in [0.4, 0.5) is 9.93 Å². The van der Waals surface area contributed by atoms with Crippen molar-refractivity contribution in [3.8, 4) is 11.3 Å². The molecular formula is C28H25N5O4S3. The monoisotopic (exact) mass is 591 g/mol. The average molecular weight is 592 g/mol. The van der Waals surface area contributed by atoms with E-state index in [0.717, 1.165) is 28.8 Å². The van der Waals surface area contributed by atoms with Crippen LogP contribution >= 0.6 is 34.4 Å². The molecule has 2 aliphatic rings. The molecular weight excluding hydrogens is 567 g/mol. The Morgan fingerprint density at radius 1 is 1.02 bits per heavy atom. The van der Waals surface area contributed by atoms with Crippen molar-refractivity contribution >= 4 is 57.5 Å². The van der Waals surface area contributed by atoms with E-state index in [0.29, 0.717) is 28.2 Å². The predicted molar refractivity (Wildman–Crippen MR) is 156 cm³/mol. The third-order valence-electron chi connectivity index (χ3n) is 6.50. The molecule has 204 valence electrons. The Labute approximate surface area is 243 Å². The van der Waals surface area contributed by atoms with Gasteiger partial charge in [-0.1, -0.05) is 42.5 Å². The van der Waals surface area contributed by atoms with Gasteiger partial charge >= 0.3 is 6.09 Å². The summed E-state index contributed by atoms with van der Waals surface area (Å²) in [5, 5.41) is 7.78. The number of carbonyl (C=O) groups excluding carboxylic acids is 3. The molecule has 9 nitrogen and oxygen atoms in total. The maximum atomic E-state index is 13.4. The van der Waals surface area contributed by atoms with Crippen LogP contribution < -0.4 is 10.6 Å². The number of aromatic nitrogens is 2. The van der Waals surface area contributed by atoms with Gasteiger partial charge in [0.1, 0.15) is 18.0 Å². The highest BCUT2D eigenvalue weighted by Crippen LogP contribution is 2.43. The predicted octanol–water partition coefficient (Wildman–Crippen LogP) is 5.55. The first-order valence-corrected chi connectivity index (χ1v) is 15.5. The highest BCUT2D eigenvalue weighted by molar-refractivity contribution is 7.99. The van der Waals surface area contributed by atoms with Gasteiger partial charge in [0.05, 0.1) is 16.1 Å². The number of thioether (sulfide) groups is 1. The Balaban J connectivity index is 1.13. The normalized spacial score (nSPS) is 18.4. The number of amides is 3. The van der Waals surface area contributed by atoms with Crippen LogP contribution in [0.3, 0.4) is 0 Å². The van der Waals surface area contributed by atoms with Crippen LogP contribution in [-0.4, -0.2) is 50.6 Å². The fraction of sp³-hybridized carbons (Fsp3) is 0.250. The molecule has 0 bridgehead atoms. The van der Waals surface area contributed by atoms with Gasteiger partial charge in [0.25, 0.3) is 5.91 Å². The molecule has 40 heavy (non-hydrogen) atoms. The summed E-state index contributed by atoms with van der Waals surface area (Å²) in [6, 6.07) is 16.2. The molecule has 4 aromatic rings. The summed E-state index contributed by atoms with van der Waals surface area (Å²) >= 11 is 4.24. The minimum atomic E-state index is -0.739. The Kier molecular flexibility index (Phi) is 7.80. The number of benzene rings is 2. The van der Waals surface area contributed by atoms with Crippen LogP contribution in [-0.2, 0) is 16.1 Å². The Morgan fingerprint density at radius 2 is 1.82 bits per heavy atom. The number of thiazole rings is 2. The Morgan fingerprint density at radius 3 is 2.55 bits per heavy atom. The van der Waals surface area contributed by atoms with Crippen LogP contribution in [0.15, 0.2) is 71.7 Å². The van der Waals surface area contributed by atoms with Crippen LogP contribution in [0.5, 0.6) is 0 Å². The molecule has 2 fully saturated rings. The number of anilines is 1. The maximum Gasteiger partial charge on any atom is 0.412 e. The van der Waals surface area contributed by atoms with Gasteiger partial charge in [-0.25, -0.2) is 9.78 Å². The summed E-state index contributed by atoms with van der Waals surface area (Å²) in [4.78, 5) is 50.1. The molecule has 1 saturated carbocycles. The van der Waals surface area contributed by atoms with Crippen LogP contribution in [0.2, 0.25) is 0 Å². The number of ether oxygens (including phenoxy) is 1. The molecule has 2 atom stereocenters. The van der Waals surface area contributed by atoms with Crippen molar-refractivity contribution in [3.05, 3.63) is 87.7 Å². The number of nitrogens with zero attached hydrogens (tertiary/aromatic N) is 3. The number of carbonyl (C=O) groups is 3. The zero-order chi connectivity index (χ0) is 27.5. The van der Waals surface area contributed by atoms with Gasteiger partial charge in [0.2, 0.25) is 5.91 Å². The lowest BCUT2D eigenvalue weighted by atomic mass is 10.1. The topological polar surface area (TPSA) is 114 Å². The number of nitrogens with one attached hydrogen (secondary N) is 2. The largest absolute Gasteiger partial charge is 0.444 e. The van der Waals surface area contributed by atoms with E-state index < -0.39 is 12.1 Å². The van der Waals surface area contributed by atoms with E-state index in [1.807, 2.05) is 47.8 Å². The molecule has 3 heterocycles. The van der Waals surface area contributed by atoms with E-state index >= 15 is 0 Å². The molecule has 1 aliphatic heterocycles. The minimum absolute atomic E-state index is 0.0711. The smallest absolute Gasteiger partial charge is 0.412 e. The number of hydrogen-bond acceptors (Lipinski definition) is 9. The Hall–Kier alpha value is -3.74. The SMILES string of the molecule is O=C(NC1CC1)c1ccc(-c2csc(NC(=O)[C@@H]3CSC(c4cncs4)N3C(=O)OCc3ccccc3)n2)cc1. The molecule has 2 aromatic carbocycles. The second-order valence-electron chi connectivity index (χ2n) is 9.40. The Bertz CT molecular complexity index is 1490. The summed E-state index contributed by atoms with van der Waals surface area (Å²) in [6.45, 7) is 0.113. The van der Waals surface area contributed by atoms with Crippen LogP contribution in [0.1, 0.15) is 39.0 Å². The molecule has 2 aromatic heterocycles. The van der Waals surface area contributed by atoms with Crippen molar-refractivity contribution in [2.75, 3.05) is 11.1 Å². The third-order valence-corrected chi connectivity index (χ3v) is 9.54. The first-order valence-electron chi connectivity index (χ1n) is 12.7. The summed E-state index contributed by atoms with van der Waals surface area (Å²) in [5.41, 5.74) is 4.71. The van der Waals surface area contributed by atoms with Gasteiger partial charge in [0.15, 0.2) is 5.13 Å². The molecule has 1 aliphatic carbocycles. The van der Waals surface area contributed by atoms with Gasteiger partial charge in [-0.15, -0.1) is 34.4 Å². The second-order valence-corrected chi connectivity index (χ2v) is 12.3. The molecule has 1 unspecified atom stereocenters. The minimum Gasteiger partial charge on any atom is -0.444 e. The van der Waals surface area contributed by atoms with Crippen molar-refractivity contribution < 1.29 is 19.1 Å². The highest BCUT2D eigenvalue weighted by Gasteiger charge is 2.44. The second kappa shape index (κ2) is 11.8. The van der Waals surface area contributed by atoms with E-state index in [9.17, 15) is 14.4 Å². The van der Waals surface area contributed by atoms with E-state index in [1.165, 1.54) is 39.3 Å². The molecule has 3 amide bonds. The van der Waals surface area contributed by atoms with Crippen molar-refractivity contribution in [3.63, 3.8) is 0 Å². The van der Waals surface area contributed by atoms with Gasteiger partial charge < -0.3 is 15.4 Å². The first-order chi connectivity index (χ1) is 19.5. The summed E-state index contributed by atoms with van der Waals surface area (Å²) < 4.78 is 5.62. The molecule has 12 heteroatoms. The van der Waals surface area contributed by atoms with Crippen molar-refractivity contribution in [2.45, 2.75) is 36.9 Å². The molecule has 0 spiro atoms. The zero-order valence-corrected chi connectivity index (χ0v) is 23.6. The number of rotatable bonds is 8. The van der Waals surface area contributed by atoms with E-state index in [-0.39, 0.29) is 23.8 Å². The van der Waals surface area contributed by atoms with Gasteiger partial charge in [-0.3, -0.25) is 19.5 Å². The molecule has 0 radical (unpaired) electrons. The van der Waals surface area contributed by atoms with E-state index in [4.69, 9.17) is 4.74 Å². The molecule has 1 saturated heterocycles. The maximum absolute atomic E-state index is 13.4. The lowest BCUT2D eigenvalue weighted by molar-refractivity contribution is -0.120. The van der Waals surface area contributed by atoms with Gasteiger partial charge in [0, 0.05) is 34.5 Å². The lowest BCUT2D eigenvalue weighted by Crippen LogP contribution is -2.45. The van der Waals surface area contributed by atoms with Crippen LogP contribution in [0, 0.1) is 0 Å².